The average Bonchev–Trinajstić information content (AvgIpc) is 2.40. The summed E-state index contributed by atoms with van der Waals surface area (Å²) in [6.07, 6.45) is 0.944. The second-order valence-corrected chi connectivity index (χ2v) is 4.04. The number of benzene rings is 1. The van der Waals surface area contributed by atoms with Gasteiger partial charge in [0, 0.05) is 37.9 Å². The lowest BCUT2D eigenvalue weighted by Gasteiger charge is -2.21. The summed E-state index contributed by atoms with van der Waals surface area (Å²) >= 11 is 0. The maximum atomic E-state index is 13.2. The molecular formula is C14H19F2NO2. The molecule has 0 N–H and O–H groups in total. The summed E-state index contributed by atoms with van der Waals surface area (Å²) < 4.78 is 31.2. The summed E-state index contributed by atoms with van der Waals surface area (Å²) in [5.41, 5.74) is 0.378. The van der Waals surface area contributed by atoms with Gasteiger partial charge in [-0.3, -0.25) is 4.79 Å². The molecular weight excluding hydrogens is 252 g/mol. The number of carbonyl (C=O) groups is 1. The van der Waals surface area contributed by atoms with E-state index in [4.69, 9.17) is 4.74 Å². The minimum Gasteiger partial charge on any atom is -0.382 e. The van der Waals surface area contributed by atoms with Crippen LogP contribution in [0.5, 0.6) is 0 Å². The van der Waals surface area contributed by atoms with Crippen molar-refractivity contribution in [2.45, 2.75) is 26.7 Å². The number of halogens is 2. The molecule has 0 saturated heterocycles. The molecule has 0 fully saturated rings. The molecule has 0 aromatic heterocycles. The maximum Gasteiger partial charge on any atom is 0.227 e. The first kappa shape index (κ1) is 15.6. The Morgan fingerprint density at radius 2 is 2.00 bits per heavy atom. The molecule has 1 rings (SSSR count). The van der Waals surface area contributed by atoms with Crippen LogP contribution in [-0.2, 0) is 9.53 Å². The zero-order valence-electron chi connectivity index (χ0n) is 11.3. The van der Waals surface area contributed by atoms with E-state index >= 15 is 0 Å². The van der Waals surface area contributed by atoms with E-state index < -0.39 is 11.6 Å². The predicted molar refractivity (Wildman–Crippen MR) is 70.1 cm³/mol. The number of hydrogen-bond donors (Lipinski definition) is 0. The third kappa shape index (κ3) is 4.59. The van der Waals surface area contributed by atoms with Crippen molar-refractivity contribution < 1.29 is 18.3 Å². The van der Waals surface area contributed by atoms with Gasteiger partial charge in [-0.05, 0) is 32.4 Å². The molecule has 106 valence electrons. The van der Waals surface area contributed by atoms with Crippen LogP contribution in [0.3, 0.4) is 0 Å². The Hall–Kier alpha value is -1.49. The van der Waals surface area contributed by atoms with Crippen molar-refractivity contribution in [3.05, 3.63) is 29.8 Å². The number of ether oxygens (including phenoxy) is 1. The van der Waals surface area contributed by atoms with Crippen LogP contribution >= 0.6 is 0 Å². The fraction of sp³-hybridized carbons (Fsp3) is 0.500. The summed E-state index contributed by atoms with van der Waals surface area (Å²) in [6, 6.07) is 3.47. The molecule has 0 unspecified atom stereocenters. The quantitative estimate of drug-likeness (QED) is 0.713. The maximum absolute atomic E-state index is 13.2. The summed E-state index contributed by atoms with van der Waals surface area (Å²) in [7, 11) is 0. The lowest BCUT2D eigenvalue weighted by atomic mass is 10.2. The van der Waals surface area contributed by atoms with Gasteiger partial charge in [-0.2, -0.15) is 0 Å². The van der Waals surface area contributed by atoms with Gasteiger partial charge in [-0.25, -0.2) is 8.78 Å². The van der Waals surface area contributed by atoms with E-state index in [-0.39, 0.29) is 5.91 Å². The number of carbonyl (C=O) groups excluding carboxylic acids is 1. The van der Waals surface area contributed by atoms with Crippen LogP contribution in [0.4, 0.5) is 14.5 Å². The smallest absolute Gasteiger partial charge is 0.227 e. The normalized spacial score (nSPS) is 10.5. The summed E-state index contributed by atoms with van der Waals surface area (Å²) in [5, 5.41) is 0. The van der Waals surface area contributed by atoms with Crippen LogP contribution in [0.15, 0.2) is 18.2 Å². The monoisotopic (exact) mass is 271 g/mol. The van der Waals surface area contributed by atoms with Crippen LogP contribution in [0.2, 0.25) is 0 Å². The van der Waals surface area contributed by atoms with E-state index in [0.29, 0.717) is 38.3 Å². The first-order valence-corrected chi connectivity index (χ1v) is 6.43. The highest BCUT2D eigenvalue weighted by atomic mass is 19.2. The Labute approximate surface area is 112 Å². The molecule has 0 bridgehead atoms. The largest absolute Gasteiger partial charge is 0.382 e. The van der Waals surface area contributed by atoms with Gasteiger partial charge in [0.25, 0.3) is 0 Å². The number of hydrogen-bond acceptors (Lipinski definition) is 2. The van der Waals surface area contributed by atoms with Gasteiger partial charge in [0.15, 0.2) is 11.6 Å². The molecule has 1 aromatic carbocycles. The van der Waals surface area contributed by atoms with Crippen molar-refractivity contribution in [2.24, 2.45) is 0 Å². The van der Waals surface area contributed by atoms with Crippen molar-refractivity contribution >= 4 is 11.6 Å². The molecule has 0 heterocycles. The average molecular weight is 271 g/mol. The van der Waals surface area contributed by atoms with Crippen LogP contribution in [0.1, 0.15) is 26.7 Å². The molecule has 0 atom stereocenters. The second kappa shape index (κ2) is 7.84. The third-order valence-corrected chi connectivity index (χ3v) is 2.72. The highest BCUT2D eigenvalue weighted by Crippen LogP contribution is 2.19. The molecule has 0 saturated carbocycles. The molecule has 0 aliphatic rings. The minimum atomic E-state index is -0.946. The standard InChI is InChI=1S/C14H19F2NO2/c1-3-17(14(18)6-5-9-19-4-2)11-7-8-12(15)13(16)10-11/h7-8,10H,3-6,9H2,1-2H3. The molecule has 19 heavy (non-hydrogen) atoms. The highest BCUT2D eigenvalue weighted by Gasteiger charge is 2.15. The molecule has 0 spiro atoms. The first-order valence-electron chi connectivity index (χ1n) is 6.43. The van der Waals surface area contributed by atoms with Gasteiger partial charge in [0.2, 0.25) is 5.91 Å². The Balaban J connectivity index is 2.65. The fourth-order valence-corrected chi connectivity index (χ4v) is 1.76. The highest BCUT2D eigenvalue weighted by molar-refractivity contribution is 5.93. The van der Waals surface area contributed by atoms with Crippen molar-refractivity contribution in [1.82, 2.24) is 0 Å². The number of amides is 1. The van der Waals surface area contributed by atoms with Gasteiger partial charge in [0.1, 0.15) is 0 Å². The molecule has 0 radical (unpaired) electrons. The molecule has 0 aliphatic carbocycles. The fourth-order valence-electron chi connectivity index (χ4n) is 1.76. The minimum absolute atomic E-state index is 0.117. The van der Waals surface area contributed by atoms with E-state index in [0.717, 1.165) is 12.1 Å². The van der Waals surface area contributed by atoms with Gasteiger partial charge >= 0.3 is 0 Å². The van der Waals surface area contributed by atoms with Crippen LogP contribution in [0.25, 0.3) is 0 Å². The van der Waals surface area contributed by atoms with Gasteiger partial charge in [-0.1, -0.05) is 0 Å². The molecule has 0 aliphatic heterocycles. The van der Waals surface area contributed by atoms with Crippen molar-refractivity contribution in [3.8, 4) is 0 Å². The van der Waals surface area contributed by atoms with Gasteiger partial charge in [0.05, 0.1) is 0 Å². The first-order chi connectivity index (χ1) is 9.10. The van der Waals surface area contributed by atoms with E-state index in [1.165, 1.54) is 11.0 Å². The Morgan fingerprint density at radius 3 is 2.58 bits per heavy atom. The van der Waals surface area contributed by atoms with Crippen molar-refractivity contribution in [1.29, 1.82) is 0 Å². The topological polar surface area (TPSA) is 29.5 Å². The van der Waals surface area contributed by atoms with E-state index in [2.05, 4.69) is 0 Å². The third-order valence-electron chi connectivity index (χ3n) is 2.72. The van der Waals surface area contributed by atoms with Crippen LogP contribution in [0, 0.1) is 11.6 Å². The Morgan fingerprint density at radius 1 is 1.26 bits per heavy atom. The van der Waals surface area contributed by atoms with Gasteiger partial charge in [-0.15, -0.1) is 0 Å². The molecule has 5 heteroatoms. The SMILES string of the molecule is CCOCCCC(=O)N(CC)c1ccc(F)c(F)c1. The van der Waals surface area contributed by atoms with Gasteiger partial charge < -0.3 is 9.64 Å². The lowest BCUT2D eigenvalue weighted by molar-refractivity contribution is -0.118. The van der Waals surface area contributed by atoms with E-state index in [1.807, 2.05) is 6.92 Å². The predicted octanol–water partition coefficient (Wildman–Crippen LogP) is 3.13. The van der Waals surface area contributed by atoms with Crippen molar-refractivity contribution in [3.63, 3.8) is 0 Å². The van der Waals surface area contributed by atoms with Crippen LogP contribution in [-0.4, -0.2) is 25.7 Å². The number of nitrogens with zero attached hydrogens (tertiary/aromatic N) is 1. The molecule has 1 amide bonds. The summed E-state index contributed by atoms with van der Waals surface area (Å²) in [4.78, 5) is 13.4. The zero-order valence-corrected chi connectivity index (χ0v) is 11.3. The Bertz CT molecular complexity index is 424. The molecule has 3 nitrogen and oxygen atoms in total. The Kier molecular flexibility index (Phi) is 6.42. The number of anilines is 1. The summed E-state index contributed by atoms with van der Waals surface area (Å²) in [6.45, 7) is 5.24. The lowest BCUT2D eigenvalue weighted by Crippen LogP contribution is -2.30. The van der Waals surface area contributed by atoms with E-state index in [9.17, 15) is 13.6 Å². The van der Waals surface area contributed by atoms with E-state index in [1.54, 1.807) is 6.92 Å². The number of rotatable bonds is 7. The van der Waals surface area contributed by atoms with Crippen LogP contribution < -0.4 is 4.90 Å². The second-order valence-electron chi connectivity index (χ2n) is 4.04. The van der Waals surface area contributed by atoms with Crippen molar-refractivity contribution in [2.75, 3.05) is 24.7 Å². The summed E-state index contributed by atoms with van der Waals surface area (Å²) in [5.74, 6) is -1.98. The molecule has 1 aromatic rings. The zero-order chi connectivity index (χ0) is 14.3.